The Kier molecular flexibility index (Phi) is 12.3. The molecular weight excluding hydrogens is 651 g/mol. The highest BCUT2D eigenvalue weighted by atomic mass is 15.2. The molecule has 1 atom stereocenters. The maximum absolute atomic E-state index is 2.59. The first-order valence-corrected chi connectivity index (χ1v) is 21.6. The number of hydrogen-bond donors (Lipinski definition) is 0. The Morgan fingerprint density at radius 2 is 0.963 bits per heavy atom. The van der Waals surface area contributed by atoms with Gasteiger partial charge in [0.25, 0.3) is 6.71 Å². The molecule has 2 aliphatic rings. The van der Waals surface area contributed by atoms with Crippen molar-refractivity contribution >= 4 is 57.2 Å². The van der Waals surface area contributed by atoms with E-state index in [0.29, 0.717) is 5.92 Å². The van der Waals surface area contributed by atoms with Crippen LogP contribution in [0.4, 0.5) is 34.1 Å². The molecule has 2 aliphatic heterocycles. The second-order valence-electron chi connectivity index (χ2n) is 16.4. The van der Waals surface area contributed by atoms with Crippen molar-refractivity contribution < 1.29 is 0 Å². The van der Waals surface area contributed by atoms with Crippen molar-refractivity contribution in [2.45, 2.75) is 137 Å². The van der Waals surface area contributed by atoms with E-state index < -0.39 is 0 Å². The number of unbranched alkanes of at least 4 members (excludes halogenated alkanes) is 6. The van der Waals surface area contributed by atoms with Gasteiger partial charge in [0, 0.05) is 34.1 Å². The first-order valence-electron chi connectivity index (χ1n) is 21.6. The van der Waals surface area contributed by atoms with Gasteiger partial charge in [-0.25, -0.2) is 0 Å². The van der Waals surface area contributed by atoms with Crippen LogP contribution in [-0.4, -0.2) is 6.71 Å². The van der Waals surface area contributed by atoms with E-state index in [9.17, 15) is 0 Å². The van der Waals surface area contributed by atoms with Gasteiger partial charge in [-0.05, 0) is 151 Å². The maximum atomic E-state index is 2.59. The monoisotopic (exact) mass is 715 g/mol. The molecular formula is C51H63BN2. The molecule has 0 aromatic heterocycles. The summed E-state index contributed by atoms with van der Waals surface area (Å²) in [5.41, 5.74) is 19.2. The van der Waals surface area contributed by atoms with E-state index in [4.69, 9.17) is 0 Å². The lowest BCUT2D eigenvalue weighted by Crippen LogP contribution is -2.61. The molecule has 3 heteroatoms. The molecule has 2 nitrogen and oxygen atoms in total. The molecule has 0 amide bonds. The minimum Gasteiger partial charge on any atom is -0.311 e. The molecule has 5 aromatic carbocycles. The molecule has 0 fully saturated rings. The van der Waals surface area contributed by atoms with Crippen LogP contribution < -0.4 is 26.2 Å². The lowest BCUT2D eigenvalue weighted by Gasteiger charge is -2.44. The number of nitrogens with zero attached hydrogens (tertiary/aromatic N) is 2. The number of hydrogen-bond acceptors (Lipinski definition) is 2. The van der Waals surface area contributed by atoms with Gasteiger partial charge < -0.3 is 9.80 Å². The van der Waals surface area contributed by atoms with E-state index in [1.165, 1.54) is 149 Å². The predicted octanol–water partition coefficient (Wildman–Crippen LogP) is 13.2. The fourth-order valence-corrected chi connectivity index (χ4v) is 9.19. The SMILES string of the molecule is CCCCCCc1ccc2c(c1)B1c3cc(CCCCC)ccc3N(c3ccc(C(C)CCC)cc3)c3cc(C)cc(c31)N2c1ccc(CCCC)cc1. The summed E-state index contributed by atoms with van der Waals surface area (Å²) in [7, 11) is 0. The zero-order chi connectivity index (χ0) is 37.6. The van der Waals surface area contributed by atoms with Crippen LogP contribution in [0.15, 0.2) is 97.1 Å². The van der Waals surface area contributed by atoms with Crippen molar-refractivity contribution in [3.63, 3.8) is 0 Å². The van der Waals surface area contributed by atoms with Crippen LogP contribution in [-0.2, 0) is 19.3 Å². The van der Waals surface area contributed by atoms with Crippen LogP contribution in [0.3, 0.4) is 0 Å². The summed E-state index contributed by atoms with van der Waals surface area (Å²) in [6.45, 7) is 14.0. The van der Waals surface area contributed by atoms with Crippen molar-refractivity contribution in [3.05, 3.63) is 125 Å². The lowest BCUT2D eigenvalue weighted by atomic mass is 9.33. The topological polar surface area (TPSA) is 6.48 Å². The van der Waals surface area contributed by atoms with Crippen molar-refractivity contribution in [2.24, 2.45) is 0 Å². The lowest BCUT2D eigenvalue weighted by molar-refractivity contribution is 0.665. The van der Waals surface area contributed by atoms with Crippen molar-refractivity contribution in [1.29, 1.82) is 0 Å². The average molecular weight is 715 g/mol. The van der Waals surface area contributed by atoms with Gasteiger partial charge in [-0.2, -0.15) is 0 Å². The number of benzene rings is 5. The van der Waals surface area contributed by atoms with E-state index in [2.05, 4.69) is 148 Å². The highest BCUT2D eigenvalue weighted by molar-refractivity contribution is 7.00. The molecule has 0 aliphatic carbocycles. The fraction of sp³-hybridized carbons (Fsp3) is 0.412. The third-order valence-corrected chi connectivity index (χ3v) is 12.2. The van der Waals surface area contributed by atoms with Crippen LogP contribution >= 0.6 is 0 Å². The summed E-state index contributed by atoms with van der Waals surface area (Å²) in [5, 5.41) is 0. The Balaban J connectivity index is 1.44. The molecule has 7 rings (SSSR count). The van der Waals surface area contributed by atoms with Crippen LogP contribution in [0.1, 0.15) is 139 Å². The Bertz CT molecular complexity index is 2010. The van der Waals surface area contributed by atoms with Crippen LogP contribution in [0.25, 0.3) is 0 Å². The molecule has 0 bridgehead atoms. The van der Waals surface area contributed by atoms with E-state index >= 15 is 0 Å². The maximum Gasteiger partial charge on any atom is 0.252 e. The zero-order valence-corrected chi connectivity index (χ0v) is 34.2. The normalized spacial score (nSPS) is 13.5. The van der Waals surface area contributed by atoms with Crippen LogP contribution in [0, 0.1) is 6.92 Å². The van der Waals surface area contributed by atoms with Crippen LogP contribution in [0.2, 0.25) is 0 Å². The minimum absolute atomic E-state index is 0.169. The van der Waals surface area contributed by atoms with Gasteiger partial charge in [-0.15, -0.1) is 0 Å². The summed E-state index contributed by atoms with van der Waals surface area (Å²) < 4.78 is 0. The molecule has 5 aromatic rings. The minimum atomic E-state index is 0.169. The Labute approximate surface area is 328 Å². The average Bonchev–Trinajstić information content (AvgIpc) is 3.19. The number of aryl methyl sites for hydroxylation is 4. The molecule has 2 heterocycles. The van der Waals surface area contributed by atoms with E-state index in [1.807, 2.05) is 0 Å². The van der Waals surface area contributed by atoms with Crippen LogP contribution in [0.5, 0.6) is 0 Å². The molecule has 0 radical (unpaired) electrons. The number of anilines is 6. The largest absolute Gasteiger partial charge is 0.311 e. The van der Waals surface area contributed by atoms with E-state index in [0.717, 1.165) is 19.3 Å². The summed E-state index contributed by atoms with van der Waals surface area (Å²) in [6.07, 6.45) is 17.2. The Hall–Kier alpha value is -4.24. The Morgan fingerprint density at radius 1 is 0.481 bits per heavy atom. The molecule has 0 saturated carbocycles. The highest BCUT2D eigenvalue weighted by Gasteiger charge is 2.43. The number of rotatable bonds is 17. The zero-order valence-electron chi connectivity index (χ0n) is 34.2. The third-order valence-electron chi connectivity index (χ3n) is 12.2. The predicted molar refractivity (Wildman–Crippen MR) is 238 cm³/mol. The van der Waals surface area contributed by atoms with Crippen molar-refractivity contribution in [3.8, 4) is 0 Å². The molecule has 0 N–H and O–H groups in total. The molecule has 0 saturated heterocycles. The third kappa shape index (κ3) is 7.79. The van der Waals surface area contributed by atoms with Crippen molar-refractivity contribution in [1.82, 2.24) is 0 Å². The van der Waals surface area contributed by atoms with Gasteiger partial charge in [0.1, 0.15) is 0 Å². The first kappa shape index (κ1) is 38.1. The molecule has 0 spiro atoms. The van der Waals surface area contributed by atoms with Gasteiger partial charge >= 0.3 is 0 Å². The van der Waals surface area contributed by atoms with Gasteiger partial charge in [-0.1, -0.05) is 128 Å². The summed E-state index contributed by atoms with van der Waals surface area (Å²) in [6, 6.07) is 38.9. The van der Waals surface area contributed by atoms with E-state index in [-0.39, 0.29) is 6.71 Å². The number of fused-ring (bicyclic) bond motifs is 4. The van der Waals surface area contributed by atoms with E-state index in [1.54, 1.807) is 0 Å². The van der Waals surface area contributed by atoms with Gasteiger partial charge in [-0.3, -0.25) is 0 Å². The standard InChI is InChI=1S/C51H63BN2/c1-7-11-14-16-20-41-24-32-47-46(36-41)52-45-35-40(19-15-12-8-2)23-31-48(45)54(44-29-25-42(26-30-44)38(6)17-10-4)50-34-37(5)33-49(51(50)52)53(47)43-27-21-39(22-28-43)18-13-9-3/h21-36,38H,7-20H2,1-6H3. The first-order chi connectivity index (χ1) is 26.4. The second kappa shape index (κ2) is 17.5. The second-order valence-corrected chi connectivity index (χ2v) is 16.4. The summed E-state index contributed by atoms with van der Waals surface area (Å²) >= 11 is 0. The summed E-state index contributed by atoms with van der Waals surface area (Å²) in [5.74, 6) is 0.564. The smallest absolute Gasteiger partial charge is 0.252 e. The van der Waals surface area contributed by atoms with Gasteiger partial charge in [0.15, 0.2) is 0 Å². The summed E-state index contributed by atoms with van der Waals surface area (Å²) in [4.78, 5) is 5.18. The molecule has 54 heavy (non-hydrogen) atoms. The molecule has 1 unspecified atom stereocenters. The quantitative estimate of drug-likeness (QED) is 0.0684. The molecule has 280 valence electrons. The van der Waals surface area contributed by atoms with Crippen molar-refractivity contribution in [2.75, 3.05) is 9.80 Å². The van der Waals surface area contributed by atoms with Gasteiger partial charge in [0.2, 0.25) is 0 Å². The van der Waals surface area contributed by atoms with Gasteiger partial charge in [0.05, 0.1) is 0 Å². The Morgan fingerprint density at radius 3 is 1.50 bits per heavy atom. The highest BCUT2D eigenvalue weighted by Crippen LogP contribution is 2.45. The fourth-order valence-electron chi connectivity index (χ4n) is 9.19.